The number of hydrogen-bond acceptors (Lipinski definition) is 2. The molecule has 0 radical (unpaired) electrons. The SMILES string of the molecule is CC(C)(C)CCNS(=O)(=O)O. The van der Waals surface area contributed by atoms with E-state index in [0.717, 1.165) is 0 Å². The Kier molecular flexibility index (Phi) is 3.47. The normalized spacial score (nSPS) is 13.5. The van der Waals surface area contributed by atoms with E-state index in [4.69, 9.17) is 4.55 Å². The maximum absolute atomic E-state index is 10.2. The smallest absolute Gasteiger partial charge is 0.273 e. The summed E-state index contributed by atoms with van der Waals surface area (Å²) in [5.74, 6) is 0. The Morgan fingerprint density at radius 2 is 1.82 bits per heavy atom. The van der Waals surface area contributed by atoms with Crippen LogP contribution in [0.1, 0.15) is 27.2 Å². The molecule has 0 aromatic heterocycles. The van der Waals surface area contributed by atoms with E-state index in [2.05, 4.69) is 0 Å². The number of rotatable bonds is 3. The van der Waals surface area contributed by atoms with E-state index >= 15 is 0 Å². The quantitative estimate of drug-likeness (QED) is 0.633. The fraction of sp³-hybridized carbons (Fsp3) is 1.00. The van der Waals surface area contributed by atoms with Gasteiger partial charge in [-0.1, -0.05) is 20.8 Å². The van der Waals surface area contributed by atoms with Crippen molar-refractivity contribution in [1.82, 2.24) is 4.72 Å². The summed E-state index contributed by atoms with van der Waals surface area (Å²) in [5, 5.41) is 0. The lowest BCUT2D eigenvalue weighted by atomic mass is 9.93. The summed E-state index contributed by atoms with van der Waals surface area (Å²) in [5.41, 5.74) is 0.0810. The summed E-state index contributed by atoms with van der Waals surface area (Å²) in [6.45, 7) is 6.28. The molecule has 5 heteroatoms. The summed E-state index contributed by atoms with van der Waals surface area (Å²) in [4.78, 5) is 0. The lowest BCUT2D eigenvalue weighted by Crippen LogP contribution is -2.26. The predicted molar refractivity (Wildman–Crippen MR) is 43.6 cm³/mol. The molecule has 0 aliphatic carbocycles. The summed E-state index contributed by atoms with van der Waals surface area (Å²) < 4.78 is 30.6. The van der Waals surface area contributed by atoms with Crippen molar-refractivity contribution in [3.63, 3.8) is 0 Å². The molecule has 4 nitrogen and oxygen atoms in total. The first-order valence-corrected chi connectivity index (χ1v) is 4.87. The molecule has 0 aliphatic heterocycles. The van der Waals surface area contributed by atoms with E-state index in [1.807, 2.05) is 25.5 Å². The van der Waals surface area contributed by atoms with Crippen LogP contribution in [0.4, 0.5) is 0 Å². The highest BCUT2D eigenvalue weighted by Gasteiger charge is 2.11. The van der Waals surface area contributed by atoms with Crippen molar-refractivity contribution in [2.24, 2.45) is 5.41 Å². The summed E-state index contributed by atoms with van der Waals surface area (Å²) in [6.07, 6.45) is 0.701. The van der Waals surface area contributed by atoms with E-state index in [-0.39, 0.29) is 12.0 Å². The topological polar surface area (TPSA) is 66.4 Å². The molecule has 0 fully saturated rings. The average molecular weight is 181 g/mol. The Morgan fingerprint density at radius 1 is 1.36 bits per heavy atom. The molecular formula is C6H15NO3S. The summed E-state index contributed by atoms with van der Waals surface area (Å²) in [7, 11) is -4.00. The van der Waals surface area contributed by atoms with Gasteiger partial charge in [0.05, 0.1) is 0 Å². The first kappa shape index (κ1) is 10.9. The monoisotopic (exact) mass is 181 g/mol. The van der Waals surface area contributed by atoms with Gasteiger partial charge in [-0.3, -0.25) is 4.55 Å². The van der Waals surface area contributed by atoms with Crippen molar-refractivity contribution in [1.29, 1.82) is 0 Å². The number of nitrogens with one attached hydrogen (secondary N) is 1. The zero-order chi connectivity index (χ0) is 9.12. The van der Waals surface area contributed by atoms with Gasteiger partial charge in [0.1, 0.15) is 0 Å². The lowest BCUT2D eigenvalue weighted by Gasteiger charge is -2.16. The zero-order valence-corrected chi connectivity index (χ0v) is 7.90. The van der Waals surface area contributed by atoms with Crippen molar-refractivity contribution in [3.8, 4) is 0 Å². The molecule has 0 rings (SSSR count). The molecule has 0 aromatic rings. The third-order valence-electron chi connectivity index (χ3n) is 1.16. The van der Waals surface area contributed by atoms with Crippen LogP contribution in [0.25, 0.3) is 0 Å². The molecule has 0 amide bonds. The molecule has 0 aromatic carbocycles. The minimum absolute atomic E-state index is 0.0810. The molecule has 0 bridgehead atoms. The van der Waals surface area contributed by atoms with Crippen LogP contribution in [0.15, 0.2) is 0 Å². The van der Waals surface area contributed by atoms with E-state index in [9.17, 15) is 8.42 Å². The van der Waals surface area contributed by atoms with Gasteiger partial charge >= 0.3 is 10.3 Å². The van der Waals surface area contributed by atoms with Crippen LogP contribution >= 0.6 is 0 Å². The minimum Gasteiger partial charge on any atom is -0.273 e. The molecular weight excluding hydrogens is 166 g/mol. The Balaban J connectivity index is 3.61. The summed E-state index contributed by atoms with van der Waals surface area (Å²) >= 11 is 0. The third-order valence-corrected chi connectivity index (χ3v) is 1.73. The van der Waals surface area contributed by atoms with Crippen LogP contribution in [-0.2, 0) is 10.3 Å². The largest absolute Gasteiger partial charge is 0.333 e. The molecule has 0 saturated heterocycles. The molecule has 11 heavy (non-hydrogen) atoms. The van der Waals surface area contributed by atoms with Crippen LogP contribution in [0.3, 0.4) is 0 Å². The fourth-order valence-corrected chi connectivity index (χ4v) is 0.915. The third kappa shape index (κ3) is 9.87. The number of hydrogen-bond donors (Lipinski definition) is 2. The Hall–Kier alpha value is -0.130. The maximum Gasteiger partial charge on any atom is 0.333 e. The van der Waals surface area contributed by atoms with Gasteiger partial charge in [-0.05, 0) is 11.8 Å². The molecule has 68 valence electrons. The highest BCUT2D eigenvalue weighted by atomic mass is 32.2. The molecule has 0 unspecified atom stereocenters. The maximum atomic E-state index is 10.2. The van der Waals surface area contributed by atoms with E-state index in [1.54, 1.807) is 0 Å². The zero-order valence-electron chi connectivity index (χ0n) is 7.09. The standard InChI is InChI=1S/C6H15NO3S/c1-6(2,3)4-5-7-11(8,9)10/h7H,4-5H2,1-3H3,(H,8,9,10). The van der Waals surface area contributed by atoms with Crippen molar-refractivity contribution in [3.05, 3.63) is 0 Å². The second-order valence-electron chi connectivity index (χ2n) is 3.68. The lowest BCUT2D eigenvalue weighted by molar-refractivity contribution is 0.373. The van der Waals surface area contributed by atoms with Gasteiger partial charge in [0.25, 0.3) is 0 Å². The Labute approximate surface area is 67.9 Å². The Bertz CT molecular complexity index is 202. The Morgan fingerprint density at radius 3 is 2.09 bits per heavy atom. The highest BCUT2D eigenvalue weighted by molar-refractivity contribution is 7.83. The van der Waals surface area contributed by atoms with Gasteiger partial charge in [-0.25, -0.2) is 0 Å². The average Bonchev–Trinajstić information content (AvgIpc) is 1.55. The van der Waals surface area contributed by atoms with Crippen molar-refractivity contribution in [2.75, 3.05) is 6.54 Å². The fourth-order valence-electron chi connectivity index (χ4n) is 0.555. The predicted octanol–water partition coefficient (Wildman–Crippen LogP) is 0.815. The van der Waals surface area contributed by atoms with Crippen LogP contribution in [-0.4, -0.2) is 19.5 Å². The van der Waals surface area contributed by atoms with Gasteiger partial charge in [0.15, 0.2) is 0 Å². The van der Waals surface area contributed by atoms with E-state index in [0.29, 0.717) is 6.42 Å². The summed E-state index contributed by atoms with van der Waals surface area (Å²) in [6, 6.07) is 0. The molecule has 0 saturated carbocycles. The van der Waals surface area contributed by atoms with Crippen LogP contribution in [0, 0.1) is 5.41 Å². The molecule has 0 spiro atoms. The molecule has 0 atom stereocenters. The first-order chi connectivity index (χ1) is 4.71. The van der Waals surface area contributed by atoms with E-state index in [1.165, 1.54) is 0 Å². The van der Waals surface area contributed by atoms with E-state index < -0.39 is 10.3 Å². The van der Waals surface area contributed by atoms with Gasteiger partial charge in [-0.2, -0.15) is 13.1 Å². The van der Waals surface area contributed by atoms with Gasteiger partial charge in [-0.15, -0.1) is 0 Å². The first-order valence-electron chi connectivity index (χ1n) is 3.43. The van der Waals surface area contributed by atoms with Crippen LogP contribution in [0.2, 0.25) is 0 Å². The van der Waals surface area contributed by atoms with Crippen molar-refractivity contribution < 1.29 is 13.0 Å². The van der Waals surface area contributed by atoms with Crippen molar-refractivity contribution >= 4 is 10.3 Å². The second-order valence-corrected chi connectivity index (χ2v) is 4.92. The molecule has 2 N–H and O–H groups in total. The highest BCUT2D eigenvalue weighted by Crippen LogP contribution is 2.16. The van der Waals surface area contributed by atoms with Gasteiger partial charge in [0.2, 0.25) is 0 Å². The second kappa shape index (κ2) is 3.51. The van der Waals surface area contributed by atoms with Gasteiger partial charge in [0, 0.05) is 6.54 Å². The van der Waals surface area contributed by atoms with Crippen LogP contribution < -0.4 is 4.72 Å². The van der Waals surface area contributed by atoms with Gasteiger partial charge < -0.3 is 0 Å². The van der Waals surface area contributed by atoms with Crippen molar-refractivity contribution in [2.45, 2.75) is 27.2 Å². The molecule has 0 aliphatic rings. The van der Waals surface area contributed by atoms with Crippen LogP contribution in [0.5, 0.6) is 0 Å². The minimum atomic E-state index is -4.00. The molecule has 0 heterocycles.